The van der Waals surface area contributed by atoms with E-state index < -0.39 is 11.0 Å². The second kappa shape index (κ2) is 6.67. The standard InChI is InChI=1S/C14H13IN2O3/c15-11-3-5-12(6-4-11)16-9-14(18)10-1-7-13(8-2-10)17(19)20/h1-8,14,16,18H,9H2. The summed E-state index contributed by atoms with van der Waals surface area (Å²) in [5.74, 6) is 0. The van der Waals surface area contributed by atoms with Gasteiger partial charge in [0.25, 0.3) is 5.69 Å². The molecule has 104 valence electrons. The van der Waals surface area contributed by atoms with Crippen LogP contribution in [0.15, 0.2) is 48.5 Å². The number of anilines is 1. The topological polar surface area (TPSA) is 75.4 Å². The molecule has 0 bridgehead atoms. The number of nitro groups is 1. The number of halogens is 1. The minimum absolute atomic E-state index is 0.0199. The van der Waals surface area contributed by atoms with Gasteiger partial charge in [-0.15, -0.1) is 0 Å². The predicted molar refractivity (Wildman–Crippen MR) is 85.7 cm³/mol. The largest absolute Gasteiger partial charge is 0.387 e. The minimum Gasteiger partial charge on any atom is -0.387 e. The number of benzene rings is 2. The summed E-state index contributed by atoms with van der Waals surface area (Å²) in [6.07, 6.45) is -0.713. The zero-order valence-corrected chi connectivity index (χ0v) is 12.6. The van der Waals surface area contributed by atoms with Crippen molar-refractivity contribution in [3.05, 3.63) is 67.8 Å². The molecule has 0 aliphatic heterocycles. The van der Waals surface area contributed by atoms with Crippen molar-refractivity contribution in [2.24, 2.45) is 0 Å². The first-order valence-corrected chi connectivity index (χ1v) is 7.06. The lowest BCUT2D eigenvalue weighted by molar-refractivity contribution is -0.384. The molecule has 0 spiro atoms. The monoisotopic (exact) mass is 384 g/mol. The maximum Gasteiger partial charge on any atom is 0.269 e. The van der Waals surface area contributed by atoms with Gasteiger partial charge in [0.1, 0.15) is 0 Å². The average Bonchev–Trinajstić information content (AvgIpc) is 2.46. The normalized spacial score (nSPS) is 11.9. The molecule has 0 aliphatic carbocycles. The van der Waals surface area contributed by atoms with Crippen LogP contribution in [0.25, 0.3) is 0 Å². The van der Waals surface area contributed by atoms with E-state index in [1.807, 2.05) is 24.3 Å². The first-order chi connectivity index (χ1) is 9.56. The van der Waals surface area contributed by atoms with Crippen molar-refractivity contribution in [2.45, 2.75) is 6.10 Å². The molecule has 0 radical (unpaired) electrons. The molecule has 2 N–H and O–H groups in total. The van der Waals surface area contributed by atoms with E-state index in [0.29, 0.717) is 12.1 Å². The predicted octanol–water partition coefficient (Wildman–Crippen LogP) is 3.34. The van der Waals surface area contributed by atoms with E-state index in [1.165, 1.54) is 12.1 Å². The fourth-order valence-electron chi connectivity index (χ4n) is 1.72. The van der Waals surface area contributed by atoms with Gasteiger partial charge in [-0.2, -0.15) is 0 Å². The Morgan fingerprint density at radius 2 is 1.75 bits per heavy atom. The van der Waals surface area contributed by atoms with Crippen molar-refractivity contribution in [2.75, 3.05) is 11.9 Å². The van der Waals surface area contributed by atoms with Gasteiger partial charge in [-0.25, -0.2) is 0 Å². The van der Waals surface area contributed by atoms with Crippen LogP contribution < -0.4 is 5.32 Å². The van der Waals surface area contributed by atoms with Crippen molar-refractivity contribution in [3.8, 4) is 0 Å². The number of nitrogens with one attached hydrogen (secondary N) is 1. The third-order valence-corrected chi connectivity index (χ3v) is 3.55. The Bertz CT molecular complexity index is 584. The summed E-state index contributed by atoms with van der Waals surface area (Å²) in [4.78, 5) is 10.1. The highest BCUT2D eigenvalue weighted by molar-refractivity contribution is 14.1. The average molecular weight is 384 g/mol. The van der Waals surface area contributed by atoms with Gasteiger partial charge in [-0.1, -0.05) is 0 Å². The van der Waals surface area contributed by atoms with Crippen LogP contribution >= 0.6 is 22.6 Å². The molecule has 20 heavy (non-hydrogen) atoms. The van der Waals surface area contributed by atoms with Gasteiger partial charge >= 0.3 is 0 Å². The maximum absolute atomic E-state index is 10.6. The molecular weight excluding hydrogens is 371 g/mol. The number of aliphatic hydroxyl groups excluding tert-OH is 1. The Morgan fingerprint density at radius 3 is 2.30 bits per heavy atom. The number of nitrogens with zero attached hydrogens (tertiary/aromatic N) is 1. The van der Waals surface area contributed by atoms with Crippen LogP contribution in [0.5, 0.6) is 0 Å². The molecule has 0 saturated carbocycles. The number of nitro benzene ring substituents is 1. The second-order valence-electron chi connectivity index (χ2n) is 4.25. The fraction of sp³-hybridized carbons (Fsp3) is 0.143. The lowest BCUT2D eigenvalue weighted by Crippen LogP contribution is -2.12. The fourth-order valence-corrected chi connectivity index (χ4v) is 2.08. The van der Waals surface area contributed by atoms with Gasteiger partial charge in [0.05, 0.1) is 11.0 Å². The number of hydrogen-bond acceptors (Lipinski definition) is 4. The van der Waals surface area contributed by atoms with Crippen LogP contribution in [0, 0.1) is 13.7 Å². The van der Waals surface area contributed by atoms with Gasteiger partial charge < -0.3 is 10.4 Å². The smallest absolute Gasteiger partial charge is 0.269 e. The van der Waals surface area contributed by atoms with Gasteiger partial charge in [0.2, 0.25) is 0 Å². The summed E-state index contributed by atoms with van der Waals surface area (Å²) >= 11 is 2.22. The summed E-state index contributed by atoms with van der Waals surface area (Å²) in [7, 11) is 0. The molecule has 2 rings (SSSR count). The van der Waals surface area contributed by atoms with E-state index in [4.69, 9.17) is 0 Å². The Morgan fingerprint density at radius 1 is 1.15 bits per heavy atom. The van der Waals surface area contributed by atoms with Crippen molar-refractivity contribution >= 4 is 34.0 Å². The Balaban J connectivity index is 1.95. The Labute approximate surface area is 129 Å². The Kier molecular flexibility index (Phi) is 4.91. The van der Waals surface area contributed by atoms with Gasteiger partial charge in [0, 0.05) is 27.9 Å². The van der Waals surface area contributed by atoms with Gasteiger partial charge in [0.15, 0.2) is 0 Å². The molecule has 1 unspecified atom stereocenters. The summed E-state index contributed by atoms with van der Waals surface area (Å²) in [6.45, 7) is 0.346. The van der Waals surface area contributed by atoms with Crippen molar-refractivity contribution in [1.29, 1.82) is 0 Å². The molecule has 0 aromatic heterocycles. The van der Waals surface area contributed by atoms with Gasteiger partial charge in [-0.05, 0) is 64.6 Å². The zero-order valence-electron chi connectivity index (χ0n) is 10.5. The van der Waals surface area contributed by atoms with Crippen molar-refractivity contribution < 1.29 is 10.0 Å². The van der Waals surface area contributed by atoms with E-state index in [0.717, 1.165) is 9.26 Å². The van der Waals surface area contributed by atoms with Crippen LogP contribution in [0.2, 0.25) is 0 Å². The number of hydrogen-bond donors (Lipinski definition) is 2. The molecule has 1 atom stereocenters. The third kappa shape index (κ3) is 3.91. The van der Waals surface area contributed by atoms with E-state index >= 15 is 0 Å². The van der Waals surface area contributed by atoms with E-state index in [2.05, 4.69) is 27.9 Å². The van der Waals surface area contributed by atoms with E-state index in [9.17, 15) is 15.2 Å². The highest BCUT2D eigenvalue weighted by Gasteiger charge is 2.10. The first-order valence-electron chi connectivity index (χ1n) is 5.98. The molecule has 0 amide bonds. The molecule has 6 heteroatoms. The highest BCUT2D eigenvalue weighted by atomic mass is 127. The summed E-state index contributed by atoms with van der Waals surface area (Å²) in [5, 5.41) is 23.7. The van der Waals surface area contributed by atoms with Crippen LogP contribution in [0.4, 0.5) is 11.4 Å². The Hall–Kier alpha value is -1.67. The molecule has 2 aromatic rings. The molecule has 5 nitrogen and oxygen atoms in total. The molecule has 2 aromatic carbocycles. The lowest BCUT2D eigenvalue weighted by atomic mass is 10.1. The van der Waals surface area contributed by atoms with Crippen molar-refractivity contribution in [3.63, 3.8) is 0 Å². The van der Waals surface area contributed by atoms with Crippen LogP contribution in [-0.2, 0) is 0 Å². The second-order valence-corrected chi connectivity index (χ2v) is 5.50. The number of aliphatic hydroxyl groups is 1. The zero-order chi connectivity index (χ0) is 14.5. The molecule has 0 aliphatic rings. The number of non-ortho nitro benzene ring substituents is 1. The van der Waals surface area contributed by atoms with Crippen LogP contribution in [0.3, 0.4) is 0 Å². The highest BCUT2D eigenvalue weighted by Crippen LogP contribution is 2.19. The maximum atomic E-state index is 10.6. The molecule has 0 heterocycles. The van der Waals surface area contributed by atoms with E-state index in [1.54, 1.807) is 12.1 Å². The van der Waals surface area contributed by atoms with E-state index in [-0.39, 0.29) is 5.69 Å². The molecular formula is C14H13IN2O3. The molecule has 0 saturated heterocycles. The summed E-state index contributed by atoms with van der Waals surface area (Å²) in [5.41, 5.74) is 1.59. The summed E-state index contributed by atoms with van der Waals surface area (Å²) in [6, 6.07) is 13.7. The third-order valence-electron chi connectivity index (χ3n) is 2.83. The minimum atomic E-state index is -0.713. The van der Waals surface area contributed by atoms with Crippen LogP contribution in [-0.4, -0.2) is 16.6 Å². The number of rotatable bonds is 5. The van der Waals surface area contributed by atoms with Gasteiger partial charge in [-0.3, -0.25) is 10.1 Å². The van der Waals surface area contributed by atoms with Crippen molar-refractivity contribution in [1.82, 2.24) is 0 Å². The first kappa shape index (κ1) is 14.7. The quantitative estimate of drug-likeness (QED) is 0.471. The lowest BCUT2D eigenvalue weighted by Gasteiger charge is -2.13. The molecule has 0 fully saturated rings. The van der Waals surface area contributed by atoms with Crippen LogP contribution in [0.1, 0.15) is 11.7 Å². The SMILES string of the molecule is O=[N+]([O-])c1ccc(C(O)CNc2ccc(I)cc2)cc1. The summed E-state index contributed by atoms with van der Waals surface area (Å²) < 4.78 is 1.14.